The van der Waals surface area contributed by atoms with Gasteiger partial charge in [-0.05, 0) is 49.2 Å². The molecule has 0 bridgehead atoms. The van der Waals surface area contributed by atoms with E-state index in [0.717, 1.165) is 0 Å². The molecule has 2 aromatic rings. The minimum absolute atomic E-state index is 0.269. The first kappa shape index (κ1) is 18.9. The molecule has 0 unspecified atom stereocenters. The molecule has 2 rings (SSSR count). The molecule has 0 radical (unpaired) electrons. The zero-order chi connectivity index (χ0) is 18.8. The van der Waals surface area contributed by atoms with Crippen LogP contribution in [-0.2, 0) is 10.0 Å². The number of rotatable bonds is 6. The highest BCUT2D eigenvalue weighted by atomic mass is 32.2. The van der Waals surface area contributed by atoms with Crippen molar-refractivity contribution in [3.63, 3.8) is 0 Å². The van der Waals surface area contributed by atoms with E-state index < -0.39 is 10.0 Å². The van der Waals surface area contributed by atoms with Crippen LogP contribution >= 0.6 is 0 Å². The van der Waals surface area contributed by atoms with Gasteiger partial charge in [-0.15, -0.1) is 0 Å². The summed E-state index contributed by atoms with van der Waals surface area (Å²) < 4.78 is 43.2. The van der Waals surface area contributed by atoms with Crippen LogP contribution in [0, 0.1) is 13.8 Å². The number of aryl methyl sites for hydroxylation is 2. The maximum atomic E-state index is 13.1. The monoisotopic (exact) mass is 365 g/mol. The number of nitrogens with zero attached hydrogens (tertiary/aromatic N) is 1. The molecule has 2 aromatic carbocycles. The first-order chi connectivity index (χ1) is 11.8. The van der Waals surface area contributed by atoms with Crippen molar-refractivity contribution in [3.05, 3.63) is 41.5 Å². The molecular formula is C18H23NO5S. The second-order valence-electron chi connectivity index (χ2n) is 5.60. The summed E-state index contributed by atoms with van der Waals surface area (Å²) in [5.74, 6) is 1.63. The highest BCUT2D eigenvalue weighted by molar-refractivity contribution is 7.92. The minimum Gasteiger partial charge on any atom is -0.497 e. The van der Waals surface area contributed by atoms with Gasteiger partial charge in [0, 0.05) is 13.1 Å². The smallest absolute Gasteiger partial charge is 0.264 e. The van der Waals surface area contributed by atoms with E-state index in [9.17, 15) is 8.42 Å². The van der Waals surface area contributed by atoms with E-state index in [2.05, 4.69) is 0 Å². The first-order valence-corrected chi connectivity index (χ1v) is 9.06. The summed E-state index contributed by atoms with van der Waals surface area (Å²) in [6.07, 6.45) is 0. The van der Waals surface area contributed by atoms with Gasteiger partial charge >= 0.3 is 0 Å². The third kappa shape index (κ3) is 3.51. The van der Waals surface area contributed by atoms with Crippen molar-refractivity contribution in [2.45, 2.75) is 18.7 Å². The van der Waals surface area contributed by atoms with E-state index in [1.807, 2.05) is 0 Å². The Labute approximate surface area is 149 Å². The van der Waals surface area contributed by atoms with Gasteiger partial charge in [-0.3, -0.25) is 4.31 Å². The van der Waals surface area contributed by atoms with Crippen LogP contribution in [0.2, 0.25) is 0 Å². The molecule has 0 atom stereocenters. The lowest BCUT2D eigenvalue weighted by atomic mass is 10.1. The lowest BCUT2D eigenvalue weighted by molar-refractivity contribution is 0.355. The Balaban J connectivity index is 2.54. The zero-order valence-electron chi connectivity index (χ0n) is 15.3. The fourth-order valence-electron chi connectivity index (χ4n) is 2.73. The maximum absolute atomic E-state index is 13.1. The average molecular weight is 365 g/mol. The van der Waals surface area contributed by atoms with E-state index in [1.54, 1.807) is 51.3 Å². The van der Waals surface area contributed by atoms with Crippen LogP contribution in [0.5, 0.6) is 17.2 Å². The van der Waals surface area contributed by atoms with Crippen molar-refractivity contribution >= 4 is 15.7 Å². The van der Waals surface area contributed by atoms with Crippen molar-refractivity contribution in [3.8, 4) is 17.2 Å². The SMILES string of the molecule is COc1cc(C)c(S(=O)(=O)N(C)c2ccc(OC)c(OC)c2)c(C)c1. The van der Waals surface area contributed by atoms with Gasteiger partial charge in [-0.25, -0.2) is 8.42 Å². The van der Waals surface area contributed by atoms with E-state index >= 15 is 0 Å². The molecule has 0 aliphatic carbocycles. The average Bonchev–Trinajstić information content (AvgIpc) is 2.59. The molecule has 6 nitrogen and oxygen atoms in total. The van der Waals surface area contributed by atoms with Crippen molar-refractivity contribution in [2.75, 3.05) is 32.7 Å². The number of hydrogen-bond donors (Lipinski definition) is 0. The number of sulfonamides is 1. The van der Waals surface area contributed by atoms with Crippen LogP contribution in [0.15, 0.2) is 35.2 Å². The van der Waals surface area contributed by atoms with Gasteiger partial charge in [0.05, 0.1) is 31.9 Å². The van der Waals surface area contributed by atoms with Crippen LogP contribution in [0.25, 0.3) is 0 Å². The van der Waals surface area contributed by atoms with Gasteiger partial charge in [-0.2, -0.15) is 0 Å². The van der Waals surface area contributed by atoms with Crippen molar-refractivity contribution < 1.29 is 22.6 Å². The molecule has 0 aliphatic rings. The molecule has 25 heavy (non-hydrogen) atoms. The topological polar surface area (TPSA) is 65.1 Å². The molecular weight excluding hydrogens is 342 g/mol. The number of benzene rings is 2. The third-order valence-corrected chi connectivity index (χ3v) is 6.11. The summed E-state index contributed by atoms with van der Waals surface area (Å²) >= 11 is 0. The predicted molar refractivity (Wildman–Crippen MR) is 97.6 cm³/mol. The maximum Gasteiger partial charge on any atom is 0.264 e. The van der Waals surface area contributed by atoms with Crippen LogP contribution in [0.1, 0.15) is 11.1 Å². The van der Waals surface area contributed by atoms with Gasteiger partial charge in [0.25, 0.3) is 10.0 Å². The van der Waals surface area contributed by atoms with Gasteiger partial charge < -0.3 is 14.2 Å². The Morgan fingerprint density at radius 1 is 0.840 bits per heavy atom. The van der Waals surface area contributed by atoms with Crippen LogP contribution in [0.4, 0.5) is 5.69 Å². The van der Waals surface area contributed by atoms with Crippen LogP contribution in [0.3, 0.4) is 0 Å². The molecule has 0 saturated heterocycles. The van der Waals surface area contributed by atoms with Gasteiger partial charge in [0.1, 0.15) is 5.75 Å². The summed E-state index contributed by atoms with van der Waals surface area (Å²) in [7, 11) is 2.36. The Morgan fingerprint density at radius 3 is 1.88 bits per heavy atom. The number of anilines is 1. The fourth-order valence-corrected chi connectivity index (χ4v) is 4.33. The van der Waals surface area contributed by atoms with E-state index in [0.29, 0.717) is 34.1 Å². The Bertz CT molecular complexity index is 854. The van der Waals surface area contributed by atoms with Crippen molar-refractivity contribution in [1.82, 2.24) is 0 Å². The second kappa shape index (κ2) is 7.23. The second-order valence-corrected chi connectivity index (χ2v) is 7.51. The van der Waals surface area contributed by atoms with Crippen molar-refractivity contribution in [1.29, 1.82) is 0 Å². The molecule has 0 heterocycles. The highest BCUT2D eigenvalue weighted by Gasteiger charge is 2.26. The summed E-state index contributed by atoms with van der Waals surface area (Å²) in [6.45, 7) is 3.51. The molecule has 136 valence electrons. The molecule has 0 spiro atoms. The van der Waals surface area contributed by atoms with Gasteiger partial charge in [0.15, 0.2) is 11.5 Å². The summed E-state index contributed by atoms with van der Waals surface area (Å²) in [5.41, 5.74) is 1.74. The Morgan fingerprint density at radius 2 is 1.40 bits per heavy atom. The summed E-state index contributed by atoms with van der Waals surface area (Å²) in [6, 6.07) is 8.40. The molecule has 0 aromatic heterocycles. The lowest BCUT2D eigenvalue weighted by Crippen LogP contribution is -2.28. The quantitative estimate of drug-likeness (QED) is 0.787. The number of methoxy groups -OCH3 is 3. The third-order valence-electron chi connectivity index (χ3n) is 4.02. The predicted octanol–water partition coefficient (Wildman–Crippen LogP) is 3.15. The molecule has 7 heteroatoms. The van der Waals surface area contributed by atoms with Crippen molar-refractivity contribution in [2.24, 2.45) is 0 Å². The molecule has 0 amide bonds. The first-order valence-electron chi connectivity index (χ1n) is 7.62. The molecule has 0 saturated carbocycles. The molecule has 0 N–H and O–H groups in total. The largest absolute Gasteiger partial charge is 0.497 e. The fraction of sp³-hybridized carbons (Fsp3) is 0.333. The van der Waals surface area contributed by atoms with Crippen LogP contribution in [-0.4, -0.2) is 36.8 Å². The normalized spacial score (nSPS) is 11.1. The van der Waals surface area contributed by atoms with E-state index in [-0.39, 0.29) is 4.90 Å². The Kier molecular flexibility index (Phi) is 5.47. The number of ether oxygens (including phenoxy) is 3. The summed E-state index contributed by atoms with van der Waals surface area (Å²) in [5, 5.41) is 0. The number of hydrogen-bond acceptors (Lipinski definition) is 5. The molecule has 0 fully saturated rings. The highest BCUT2D eigenvalue weighted by Crippen LogP contribution is 2.34. The minimum atomic E-state index is -3.74. The van der Waals surface area contributed by atoms with E-state index in [4.69, 9.17) is 14.2 Å². The Hall–Kier alpha value is -2.41. The van der Waals surface area contributed by atoms with E-state index in [1.165, 1.54) is 25.6 Å². The lowest BCUT2D eigenvalue weighted by Gasteiger charge is -2.23. The van der Waals surface area contributed by atoms with Gasteiger partial charge in [0.2, 0.25) is 0 Å². The molecule has 0 aliphatic heterocycles. The standard InChI is InChI=1S/C18H23NO5S/c1-12-9-15(22-4)10-13(2)18(12)25(20,21)19(3)14-7-8-16(23-5)17(11-14)24-6/h7-11H,1-6H3. The zero-order valence-corrected chi connectivity index (χ0v) is 16.1. The van der Waals surface area contributed by atoms with Gasteiger partial charge in [-0.1, -0.05) is 0 Å². The van der Waals surface area contributed by atoms with Crippen LogP contribution < -0.4 is 18.5 Å². The summed E-state index contributed by atoms with van der Waals surface area (Å²) in [4.78, 5) is 0.269.